The molecule has 0 heterocycles. The minimum atomic E-state index is -1.29. The van der Waals surface area contributed by atoms with Gasteiger partial charge in [0, 0.05) is 15.7 Å². The SMILES string of the molecule is O=C(Nc1ccc(C(=O)O)c([O-])c1)c1ccc(Br)cc1. The molecule has 2 N–H and O–H groups in total. The minimum Gasteiger partial charge on any atom is -0.872 e. The number of carboxylic acids is 1. The Hall–Kier alpha value is -2.34. The van der Waals surface area contributed by atoms with Crippen molar-refractivity contribution in [1.29, 1.82) is 0 Å². The predicted octanol–water partition coefficient (Wildman–Crippen LogP) is 2.47. The molecule has 0 aliphatic carbocycles. The van der Waals surface area contributed by atoms with Gasteiger partial charge in [0.25, 0.3) is 5.91 Å². The average molecular weight is 335 g/mol. The molecule has 102 valence electrons. The van der Waals surface area contributed by atoms with Crippen LogP contribution in [0.3, 0.4) is 0 Å². The fourth-order valence-electron chi connectivity index (χ4n) is 1.58. The Labute approximate surface area is 123 Å². The van der Waals surface area contributed by atoms with Gasteiger partial charge in [-0.15, -0.1) is 0 Å². The summed E-state index contributed by atoms with van der Waals surface area (Å²) in [7, 11) is 0. The summed E-state index contributed by atoms with van der Waals surface area (Å²) >= 11 is 3.26. The molecule has 0 aromatic heterocycles. The maximum atomic E-state index is 11.9. The number of nitrogens with one attached hydrogen (secondary N) is 1. The summed E-state index contributed by atoms with van der Waals surface area (Å²) in [4.78, 5) is 22.6. The molecule has 6 heteroatoms. The van der Waals surface area contributed by atoms with Gasteiger partial charge in [-0.05, 0) is 42.5 Å². The quantitative estimate of drug-likeness (QED) is 0.902. The monoisotopic (exact) mass is 334 g/mol. The van der Waals surface area contributed by atoms with E-state index in [1.165, 1.54) is 12.1 Å². The second kappa shape index (κ2) is 5.75. The third-order valence-electron chi connectivity index (χ3n) is 2.58. The number of carbonyl (C=O) groups excluding carboxylic acids is 1. The molecule has 0 atom stereocenters. The van der Waals surface area contributed by atoms with E-state index in [0.29, 0.717) is 5.56 Å². The number of hydrogen-bond donors (Lipinski definition) is 2. The first-order chi connectivity index (χ1) is 9.47. The number of halogens is 1. The largest absolute Gasteiger partial charge is 0.872 e. The number of aromatic carboxylic acids is 1. The van der Waals surface area contributed by atoms with Crippen molar-refractivity contribution < 1.29 is 19.8 Å². The molecule has 0 bridgehead atoms. The van der Waals surface area contributed by atoms with Crippen LogP contribution in [0.15, 0.2) is 46.9 Å². The zero-order valence-electron chi connectivity index (χ0n) is 10.1. The summed E-state index contributed by atoms with van der Waals surface area (Å²) in [6.07, 6.45) is 0. The lowest BCUT2D eigenvalue weighted by molar-refractivity contribution is -0.268. The van der Waals surface area contributed by atoms with E-state index in [1.807, 2.05) is 0 Å². The van der Waals surface area contributed by atoms with Crippen molar-refractivity contribution in [3.8, 4) is 5.75 Å². The van der Waals surface area contributed by atoms with Gasteiger partial charge in [-0.25, -0.2) is 4.79 Å². The zero-order valence-corrected chi connectivity index (χ0v) is 11.7. The van der Waals surface area contributed by atoms with Gasteiger partial charge in [0.1, 0.15) is 0 Å². The predicted molar refractivity (Wildman–Crippen MR) is 74.9 cm³/mol. The molecular formula is C14H9BrNO4-. The van der Waals surface area contributed by atoms with E-state index in [-0.39, 0.29) is 17.2 Å². The van der Waals surface area contributed by atoms with Crippen LogP contribution in [0.5, 0.6) is 5.75 Å². The highest BCUT2D eigenvalue weighted by atomic mass is 79.9. The van der Waals surface area contributed by atoms with E-state index >= 15 is 0 Å². The van der Waals surface area contributed by atoms with E-state index in [4.69, 9.17) is 5.11 Å². The van der Waals surface area contributed by atoms with Crippen molar-refractivity contribution >= 4 is 33.5 Å². The highest BCUT2D eigenvalue weighted by Gasteiger charge is 2.08. The van der Waals surface area contributed by atoms with E-state index in [2.05, 4.69) is 21.2 Å². The second-order valence-corrected chi connectivity index (χ2v) is 4.89. The number of amides is 1. The Bertz CT molecular complexity index is 667. The molecule has 0 aliphatic rings. The van der Waals surface area contributed by atoms with E-state index < -0.39 is 11.7 Å². The van der Waals surface area contributed by atoms with Gasteiger partial charge >= 0.3 is 5.97 Å². The summed E-state index contributed by atoms with van der Waals surface area (Å²) in [6.45, 7) is 0. The van der Waals surface area contributed by atoms with Gasteiger partial charge in [-0.3, -0.25) is 4.79 Å². The normalized spacial score (nSPS) is 10.1. The molecule has 0 saturated carbocycles. The molecule has 0 unspecified atom stereocenters. The fraction of sp³-hybridized carbons (Fsp3) is 0. The number of anilines is 1. The zero-order chi connectivity index (χ0) is 14.7. The number of carboxylic acid groups (broad SMARTS) is 1. The van der Waals surface area contributed by atoms with Crippen LogP contribution >= 0.6 is 15.9 Å². The average Bonchev–Trinajstić information content (AvgIpc) is 2.39. The fourth-order valence-corrected chi connectivity index (χ4v) is 1.85. The summed E-state index contributed by atoms with van der Waals surface area (Å²) in [5.74, 6) is -2.31. The summed E-state index contributed by atoms with van der Waals surface area (Å²) < 4.78 is 0.849. The first-order valence-corrected chi connectivity index (χ1v) is 6.38. The van der Waals surface area contributed by atoms with Crippen molar-refractivity contribution in [3.05, 3.63) is 58.1 Å². The maximum absolute atomic E-state index is 11.9. The smallest absolute Gasteiger partial charge is 0.335 e. The number of rotatable bonds is 3. The minimum absolute atomic E-state index is 0.257. The van der Waals surface area contributed by atoms with Crippen LogP contribution in [-0.4, -0.2) is 17.0 Å². The Morgan fingerprint density at radius 3 is 2.30 bits per heavy atom. The van der Waals surface area contributed by atoms with Crippen LogP contribution in [0.2, 0.25) is 0 Å². The van der Waals surface area contributed by atoms with E-state index in [1.54, 1.807) is 24.3 Å². The Morgan fingerprint density at radius 1 is 1.10 bits per heavy atom. The Morgan fingerprint density at radius 2 is 1.75 bits per heavy atom. The molecule has 20 heavy (non-hydrogen) atoms. The molecule has 2 aromatic carbocycles. The van der Waals surface area contributed by atoms with E-state index in [0.717, 1.165) is 10.5 Å². The van der Waals surface area contributed by atoms with Crippen LogP contribution in [0.4, 0.5) is 5.69 Å². The first kappa shape index (κ1) is 14.1. The molecule has 0 radical (unpaired) electrons. The summed E-state index contributed by atoms with van der Waals surface area (Å²) in [5.41, 5.74) is 0.363. The Balaban J connectivity index is 2.18. The van der Waals surface area contributed by atoms with Crippen molar-refractivity contribution in [1.82, 2.24) is 0 Å². The second-order valence-electron chi connectivity index (χ2n) is 3.98. The molecule has 0 spiro atoms. The molecule has 5 nitrogen and oxygen atoms in total. The van der Waals surface area contributed by atoms with Crippen molar-refractivity contribution in [2.24, 2.45) is 0 Å². The number of benzene rings is 2. The molecule has 2 rings (SSSR count). The maximum Gasteiger partial charge on any atom is 0.335 e. The first-order valence-electron chi connectivity index (χ1n) is 5.58. The van der Waals surface area contributed by atoms with Crippen molar-refractivity contribution in [3.63, 3.8) is 0 Å². The highest BCUT2D eigenvalue weighted by molar-refractivity contribution is 9.10. The van der Waals surface area contributed by atoms with Crippen molar-refractivity contribution in [2.45, 2.75) is 0 Å². The van der Waals surface area contributed by atoms with Gasteiger partial charge < -0.3 is 15.5 Å². The van der Waals surface area contributed by atoms with Crippen LogP contribution in [0.25, 0.3) is 0 Å². The summed E-state index contributed by atoms with van der Waals surface area (Å²) in [5, 5.41) is 22.8. The van der Waals surface area contributed by atoms with Gasteiger partial charge in [0.2, 0.25) is 0 Å². The van der Waals surface area contributed by atoms with Crippen molar-refractivity contribution in [2.75, 3.05) is 5.32 Å². The number of hydrogen-bond acceptors (Lipinski definition) is 3. The Kier molecular flexibility index (Phi) is 4.05. The third kappa shape index (κ3) is 3.16. The van der Waals surface area contributed by atoms with Crippen LogP contribution < -0.4 is 10.4 Å². The summed E-state index contributed by atoms with van der Waals surface area (Å²) in [6, 6.07) is 10.3. The van der Waals surface area contributed by atoms with E-state index in [9.17, 15) is 14.7 Å². The van der Waals surface area contributed by atoms with Gasteiger partial charge in [0.05, 0.1) is 5.56 Å². The third-order valence-corrected chi connectivity index (χ3v) is 3.10. The highest BCUT2D eigenvalue weighted by Crippen LogP contribution is 2.20. The van der Waals surface area contributed by atoms with Crippen LogP contribution in [-0.2, 0) is 0 Å². The van der Waals surface area contributed by atoms with Gasteiger partial charge in [-0.2, -0.15) is 0 Å². The molecular weight excluding hydrogens is 326 g/mol. The molecule has 2 aromatic rings. The molecule has 0 aliphatic heterocycles. The topological polar surface area (TPSA) is 89.5 Å². The molecule has 1 amide bonds. The number of carbonyl (C=O) groups is 2. The lowest BCUT2D eigenvalue weighted by Gasteiger charge is -2.13. The van der Waals surface area contributed by atoms with Crippen LogP contribution in [0.1, 0.15) is 20.7 Å². The van der Waals surface area contributed by atoms with Crippen LogP contribution in [0, 0.1) is 0 Å². The standard InChI is InChI=1S/C14H10BrNO4/c15-9-3-1-8(2-4-9)13(18)16-10-5-6-11(14(19)20)12(17)7-10/h1-7,17H,(H,16,18)(H,19,20)/p-1. The lowest BCUT2D eigenvalue weighted by atomic mass is 10.1. The molecule has 0 fully saturated rings. The molecule has 0 saturated heterocycles. The van der Waals surface area contributed by atoms with Gasteiger partial charge in [0.15, 0.2) is 0 Å². The lowest BCUT2D eigenvalue weighted by Crippen LogP contribution is -2.12. The van der Waals surface area contributed by atoms with Gasteiger partial charge in [-0.1, -0.05) is 21.7 Å².